The van der Waals surface area contributed by atoms with Gasteiger partial charge in [-0.15, -0.1) is 0 Å². The SMILES string of the molecule is CCCC(Br)C1CCC1. The molecule has 54 valence electrons. The third-order valence-electron chi connectivity index (χ3n) is 2.23. The summed E-state index contributed by atoms with van der Waals surface area (Å²) in [5, 5.41) is 0. The van der Waals surface area contributed by atoms with Gasteiger partial charge in [0.2, 0.25) is 0 Å². The van der Waals surface area contributed by atoms with E-state index in [-0.39, 0.29) is 0 Å². The zero-order valence-corrected chi connectivity index (χ0v) is 7.65. The zero-order valence-electron chi connectivity index (χ0n) is 6.07. The van der Waals surface area contributed by atoms with Gasteiger partial charge in [0.25, 0.3) is 0 Å². The Hall–Kier alpha value is 0.480. The molecule has 0 N–H and O–H groups in total. The van der Waals surface area contributed by atoms with Crippen LogP contribution in [0.15, 0.2) is 0 Å². The van der Waals surface area contributed by atoms with Gasteiger partial charge >= 0.3 is 0 Å². The van der Waals surface area contributed by atoms with E-state index in [4.69, 9.17) is 0 Å². The highest BCUT2D eigenvalue weighted by molar-refractivity contribution is 9.09. The van der Waals surface area contributed by atoms with Crippen molar-refractivity contribution in [2.75, 3.05) is 0 Å². The summed E-state index contributed by atoms with van der Waals surface area (Å²) in [7, 11) is 0. The first kappa shape index (κ1) is 7.59. The van der Waals surface area contributed by atoms with Gasteiger partial charge in [0, 0.05) is 4.83 Å². The normalized spacial score (nSPS) is 23.3. The molecule has 0 bridgehead atoms. The van der Waals surface area contributed by atoms with Crippen LogP contribution in [0.1, 0.15) is 39.0 Å². The fraction of sp³-hybridized carbons (Fsp3) is 1.00. The Balaban J connectivity index is 2.08. The largest absolute Gasteiger partial charge is 0.0888 e. The lowest BCUT2D eigenvalue weighted by atomic mass is 9.82. The van der Waals surface area contributed by atoms with Gasteiger partial charge in [-0.05, 0) is 25.2 Å². The first-order chi connectivity index (χ1) is 4.34. The van der Waals surface area contributed by atoms with Gasteiger partial charge in [-0.25, -0.2) is 0 Å². The van der Waals surface area contributed by atoms with Crippen LogP contribution >= 0.6 is 15.9 Å². The van der Waals surface area contributed by atoms with Gasteiger partial charge in [-0.2, -0.15) is 0 Å². The number of halogens is 1. The molecule has 1 unspecified atom stereocenters. The van der Waals surface area contributed by atoms with E-state index < -0.39 is 0 Å². The lowest BCUT2D eigenvalue weighted by Gasteiger charge is -2.29. The van der Waals surface area contributed by atoms with Gasteiger partial charge in [-0.1, -0.05) is 35.7 Å². The second-order valence-corrected chi connectivity index (χ2v) is 4.17. The lowest BCUT2D eigenvalue weighted by Crippen LogP contribution is -2.21. The minimum absolute atomic E-state index is 0.830. The lowest BCUT2D eigenvalue weighted by molar-refractivity contribution is 0.302. The molecule has 0 aromatic rings. The fourth-order valence-corrected chi connectivity index (χ4v) is 2.30. The molecule has 0 radical (unpaired) electrons. The smallest absolute Gasteiger partial charge is 0.0174 e. The molecule has 1 atom stereocenters. The van der Waals surface area contributed by atoms with Gasteiger partial charge in [0.15, 0.2) is 0 Å². The van der Waals surface area contributed by atoms with Crippen molar-refractivity contribution >= 4 is 15.9 Å². The maximum Gasteiger partial charge on any atom is 0.0174 e. The molecule has 0 aromatic carbocycles. The molecule has 1 aliphatic rings. The van der Waals surface area contributed by atoms with Crippen LogP contribution in [0.2, 0.25) is 0 Å². The van der Waals surface area contributed by atoms with Gasteiger partial charge < -0.3 is 0 Å². The van der Waals surface area contributed by atoms with Crippen LogP contribution in [-0.4, -0.2) is 4.83 Å². The molecule has 0 nitrogen and oxygen atoms in total. The number of alkyl halides is 1. The molecule has 1 saturated carbocycles. The van der Waals surface area contributed by atoms with E-state index in [9.17, 15) is 0 Å². The first-order valence-corrected chi connectivity index (χ1v) is 4.90. The van der Waals surface area contributed by atoms with Crippen LogP contribution in [0, 0.1) is 5.92 Å². The molecule has 1 heteroatoms. The molecule has 0 spiro atoms. The Labute approximate surface area is 66.2 Å². The summed E-state index contributed by atoms with van der Waals surface area (Å²) in [6.45, 7) is 2.26. The van der Waals surface area contributed by atoms with Crippen molar-refractivity contribution in [3.05, 3.63) is 0 Å². The highest BCUT2D eigenvalue weighted by atomic mass is 79.9. The summed E-state index contributed by atoms with van der Waals surface area (Å²) >= 11 is 3.71. The summed E-state index contributed by atoms with van der Waals surface area (Å²) < 4.78 is 0. The van der Waals surface area contributed by atoms with Crippen molar-refractivity contribution in [1.29, 1.82) is 0 Å². The molecule has 1 aliphatic carbocycles. The third kappa shape index (κ3) is 1.96. The number of hydrogen-bond donors (Lipinski definition) is 0. The molecule has 9 heavy (non-hydrogen) atoms. The van der Waals surface area contributed by atoms with Crippen LogP contribution in [0.25, 0.3) is 0 Å². The van der Waals surface area contributed by atoms with Gasteiger partial charge in [0.05, 0.1) is 0 Å². The molecule has 0 saturated heterocycles. The van der Waals surface area contributed by atoms with Crippen molar-refractivity contribution in [2.45, 2.75) is 43.9 Å². The average molecular weight is 191 g/mol. The second-order valence-electron chi connectivity index (χ2n) is 3.00. The standard InChI is InChI=1S/C8H15Br/c1-2-4-8(9)7-5-3-6-7/h7-8H,2-6H2,1H3. The maximum atomic E-state index is 3.71. The first-order valence-electron chi connectivity index (χ1n) is 3.98. The Kier molecular flexibility index (Phi) is 3.03. The van der Waals surface area contributed by atoms with E-state index in [0.29, 0.717) is 0 Å². The quantitative estimate of drug-likeness (QED) is 0.600. The van der Waals surface area contributed by atoms with E-state index >= 15 is 0 Å². The second kappa shape index (κ2) is 3.60. The molecular formula is C8H15Br. The summed E-state index contributed by atoms with van der Waals surface area (Å²) in [6, 6.07) is 0. The topological polar surface area (TPSA) is 0 Å². The van der Waals surface area contributed by atoms with Crippen molar-refractivity contribution in [3.8, 4) is 0 Å². The van der Waals surface area contributed by atoms with Gasteiger partial charge in [-0.3, -0.25) is 0 Å². The predicted molar refractivity (Wildman–Crippen MR) is 45.0 cm³/mol. The third-order valence-corrected chi connectivity index (χ3v) is 3.43. The Morgan fingerprint density at radius 1 is 1.56 bits per heavy atom. The molecular weight excluding hydrogens is 176 g/mol. The molecule has 1 fully saturated rings. The Morgan fingerprint density at radius 3 is 2.56 bits per heavy atom. The van der Waals surface area contributed by atoms with Crippen molar-refractivity contribution in [1.82, 2.24) is 0 Å². The fourth-order valence-electron chi connectivity index (χ4n) is 1.31. The summed E-state index contributed by atoms with van der Waals surface area (Å²) in [5.41, 5.74) is 0. The van der Waals surface area contributed by atoms with Crippen molar-refractivity contribution < 1.29 is 0 Å². The molecule has 1 rings (SSSR count). The minimum Gasteiger partial charge on any atom is -0.0888 e. The molecule has 0 aliphatic heterocycles. The van der Waals surface area contributed by atoms with E-state index in [1.165, 1.54) is 32.1 Å². The van der Waals surface area contributed by atoms with Crippen LogP contribution < -0.4 is 0 Å². The molecule has 0 aromatic heterocycles. The minimum atomic E-state index is 0.830. The van der Waals surface area contributed by atoms with E-state index in [1.807, 2.05) is 0 Å². The van der Waals surface area contributed by atoms with Crippen LogP contribution in [-0.2, 0) is 0 Å². The van der Waals surface area contributed by atoms with E-state index in [0.717, 1.165) is 10.7 Å². The zero-order chi connectivity index (χ0) is 6.69. The molecule has 0 amide bonds. The number of hydrogen-bond acceptors (Lipinski definition) is 0. The van der Waals surface area contributed by atoms with E-state index in [1.54, 1.807) is 0 Å². The highest BCUT2D eigenvalue weighted by Gasteiger charge is 2.23. The monoisotopic (exact) mass is 190 g/mol. The van der Waals surface area contributed by atoms with Crippen LogP contribution in [0.5, 0.6) is 0 Å². The van der Waals surface area contributed by atoms with Gasteiger partial charge in [0.1, 0.15) is 0 Å². The molecule has 0 heterocycles. The van der Waals surface area contributed by atoms with Crippen LogP contribution in [0.3, 0.4) is 0 Å². The predicted octanol–water partition coefficient (Wildman–Crippen LogP) is 3.35. The van der Waals surface area contributed by atoms with Crippen LogP contribution in [0.4, 0.5) is 0 Å². The summed E-state index contributed by atoms with van der Waals surface area (Å²) in [4.78, 5) is 0.830. The highest BCUT2D eigenvalue weighted by Crippen LogP contribution is 2.35. The number of rotatable bonds is 3. The van der Waals surface area contributed by atoms with Crippen molar-refractivity contribution in [3.63, 3.8) is 0 Å². The Morgan fingerprint density at radius 2 is 2.22 bits per heavy atom. The Bertz CT molecular complexity index is 76.6. The van der Waals surface area contributed by atoms with Crippen molar-refractivity contribution in [2.24, 2.45) is 5.92 Å². The summed E-state index contributed by atoms with van der Waals surface area (Å²) in [6.07, 6.45) is 7.10. The maximum absolute atomic E-state index is 3.71. The van der Waals surface area contributed by atoms with E-state index in [2.05, 4.69) is 22.9 Å². The average Bonchev–Trinajstić information content (AvgIpc) is 1.60. The summed E-state index contributed by atoms with van der Waals surface area (Å²) in [5.74, 6) is 1.02.